The molecule has 0 bridgehead atoms. The SMILES string of the molecule is COCCOC(=O)C1=C(C)N(c2ccc(F)cc2)C(=S)N[C@@H]1c1cccc(F)c1. The van der Waals surface area contributed by atoms with Crippen molar-refractivity contribution >= 4 is 29.0 Å². The number of methoxy groups -OCH3 is 1. The van der Waals surface area contributed by atoms with Crippen LogP contribution in [0.1, 0.15) is 18.5 Å². The maximum atomic E-state index is 13.8. The first-order valence-electron chi connectivity index (χ1n) is 8.91. The number of halogens is 2. The van der Waals surface area contributed by atoms with Crippen LogP contribution in [0.3, 0.4) is 0 Å². The van der Waals surface area contributed by atoms with Crippen LogP contribution in [0.4, 0.5) is 14.5 Å². The summed E-state index contributed by atoms with van der Waals surface area (Å²) in [4.78, 5) is 14.5. The minimum Gasteiger partial charge on any atom is -0.460 e. The summed E-state index contributed by atoms with van der Waals surface area (Å²) in [5.74, 6) is -1.39. The van der Waals surface area contributed by atoms with E-state index in [-0.39, 0.29) is 24.6 Å². The fraction of sp³-hybridized carbons (Fsp3) is 0.238. The van der Waals surface area contributed by atoms with E-state index in [1.807, 2.05) is 0 Å². The standard InChI is InChI=1S/C21H20F2N2O3S/c1-13-18(20(26)28-11-10-27-2)19(14-4-3-5-16(23)12-14)24-21(29)25(13)17-8-6-15(22)7-9-17/h3-9,12,19H,10-11H2,1-2H3,(H,24,29)/t19-/m1/s1. The summed E-state index contributed by atoms with van der Waals surface area (Å²) >= 11 is 5.50. The van der Waals surface area contributed by atoms with Gasteiger partial charge in [0.2, 0.25) is 0 Å². The molecule has 1 aliphatic heterocycles. The van der Waals surface area contributed by atoms with Crippen LogP contribution in [0, 0.1) is 11.6 Å². The number of carbonyl (C=O) groups excluding carboxylic acids is 1. The normalized spacial score (nSPS) is 16.6. The zero-order valence-corrected chi connectivity index (χ0v) is 16.8. The topological polar surface area (TPSA) is 50.8 Å². The average molecular weight is 418 g/mol. The van der Waals surface area contributed by atoms with Gasteiger partial charge in [-0.3, -0.25) is 4.90 Å². The van der Waals surface area contributed by atoms with Crippen LogP contribution in [-0.2, 0) is 14.3 Å². The molecule has 0 aromatic heterocycles. The number of benzene rings is 2. The summed E-state index contributed by atoms with van der Waals surface area (Å²) in [5, 5.41) is 3.38. The number of nitrogens with one attached hydrogen (secondary N) is 1. The number of allylic oxidation sites excluding steroid dienone is 1. The molecule has 152 valence electrons. The molecule has 5 nitrogen and oxygen atoms in total. The Balaban J connectivity index is 2.06. The minimum absolute atomic E-state index is 0.0724. The van der Waals surface area contributed by atoms with E-state index in [1.165, 1.54) is 31.4 Å². The number of esters is 1. The number of hydrogen-bond acceptors (Lipinski definition) is 4. The number of rotatable bonds is 6. The van der Waals surface area contributed by atoms with Crippen molar-refractivity contribution in [3.05, 3.63) is 77.0 Å². The van der Waals surface area contributed by atoms with Crippen LogP contribution < -0.4 is 10.2 Å². The summed E-state index contributed by atoms with van der Waals surface area (Å²) in [6, 6.07) is 11.0. The highest BCUT2D eigenvalue weighted by molar-refractivity contribution is 7.80. The van der Waals surface area contributed by atoms with Crippen molar-refractivity contribution in [2.75, 3.05) is 25.2 Å². The van der Waals surface area contributed by atoms with Crippen molar-refractivity contribution in [1.29, 1.82) is 0 Å². The lowest BCUT2D eigenvalue weighted by molar-refractivity contribution is -0.140. The zero-order valence-electron chi connectivity index (χ0n) is 15.9. The summed E-state index contributed by atoms with van der Waals surface area (Å²) in [7, 11) is 1.50. The summed E-state index contributed by atoms with van der Waals surface area (Å²) < 4.78 is 37.4. The van der Waals surface area contributed by atoms with Crippen LogP contribution >= 0.6 is 12.2 Å². The highest BCUT2D eigenvalue weighted by Gasteiger charge is 2.35. The molecule has 0 spiro atoms. The lowest BCUT2D eigenvalue weighted by Crippen LogP contribution is -2.48. The third-order valence-corrected chi connectivity index (χ3v) is 4.79. The Bertz CT molecular complexity index is 947. The number of carbonyl (C=O) groups is 1. The average Bonchev–Trinajstić information content (AvgIpc) is 2.69. The summed E-state index contributed by atoms with van der Waals surface area (Å²) in [5.41, 5.74) is 1.91. The van der Waals surface area contributed by atoms with E-state index in [1.54, 1.807) is 36.1 Å². The van der Waals surface area contributed by atoms with Crippen LogP contribution in [0.25, 0.3) is 0 Å². The maximum absolute atomic E-state index is 13.8. The van der Waals surface area contributed by atoms with Gasteiger partial charge < -0.3 is 14.8 Å². The highest BCUT2D eigenvalue weighted by atomic mass is 32.1. The third kappa shape index (κ3) is 4.60. The van der Waals surface area contributed by atoms with E-state index in [2.05, 4.69) is 5.32 Å². The molecule has 1 N–H and O–H groups in total. The minimum atomic E-state index is -0.690. The molecule has 0 amide bonds. The van der Waals surface area contributed by atoms with Gasteiger partial charge in [0.1, 0.15) is 18.2 Å². The van der Waals surface area contributed by atoms with Crippen molar-refractivity contribution < 1.29 is 23.0 Å². The zero-order chi connectivity index (χ0) is 21.0. The number of thiocarbonyl (C=S) groups is 1. The van der Waals surface area contributed by atoms with Gasteiger partial charge in [-0.1, -0.05) is 12.1 Å². The first-order chi connectivity index (χ1) is 13.9. The Morgan fingerprint density at radius 1 is 1.14 bits per heavy atom. The Labute approximate surface area is 172 Å². The Kier molecular flexibility index (Phi) is 6.56. The molecule has 0 saturated carbocycles. The van der Waals surface area contributed by atoms with Crippen LogP contribution in [0.5, 0.6) is 0 Å². The molecule has 2 aromatic rings. The van der Waals surface area contributed by atoms with Gasteiger partial charge in [-0.25, -0.2) is 13.6 Å². The van der Waals surface area contributed by atoms with Gasteiger partial charge in [0, 0.05) is 18.5 Å². The van der Waals surface area contributed by atoms with E-state index >= 15 is 0 Å². The summed E-state index contributed by atoms with van der Waals surface area (Å²) in [6.45, 7) is 2.04. The first kappa shape index (κ1) is 20.9. The lowest BCUT2D eigenvalue weighted by atomic mass is 9.94. The predicted octanol–water partition coefficient (Wildman–Crippen LogP) is 3.86. The Hall–Kier alpha value is -2.84. The van der Waals surface area contributed by atoms with E-state index in [0.717, 1.165) is 0 Å². The van der Waals surface area contributed by atoms with Gasteiger partial charge in [-0.2, -0.15) is 0 Å². The van der Waals surface area contributed by atoms with Gasteiger partial charge in [0.25, 0.3) is 0 Å². The molecular formula is C21H20F2N2O3S. The van der Waals surface area contributed by atoms with Crippen molar-refractivity contribution in [1.82, 2.24) is 5.32 Å². The molecule has 3 rings (SSSR count). The fourth-order valence-electron chi connectivity index (χ4n) is 3.14. The van der Waals surface area contributed by atoms with E-state index < -0.39 is 17.8 Å². The second-order valence-corrected chi connectivity index (χ2v) is 6.76. The lowest BCUT2D eigenvalue weighted by Gasteiger charge is -2.37. The smallest absolute Gasteiger partial charge is 0.338 e. The first-order valence-corrected chi connectivity index (χ1v) is 9.31. The quantitative estimate of drug-likeness (QED) is 0.437. The monoisotopic (exact) mass is 418 g/mol. The molecule has 2 aromatic carbocycles. The summed E-state index contributed by atoms with van der Waals surface area (Å²) in [6.07, 6.45) is 0. The van der Waals surface area contributed by atoms with Crippen LogP contribution in [0.15, 0.2) is 59.8 Å². The number of anilines is 1. The molecule has 0 unspecified atom stereocenters. The van der Waals surface area contributed by atoms with E-state index in [9.17, 15) is 13.6 Å². The molecule has 0 saturated heterocycles. The Morgan fingerprint density at radius 3 is 2.52 bits per heavy atom. The largest absolute Gasteiger partial charge is 0.460 e. The molecule has 29 heavy (non-hydrogen) atoms. The van der Waals surface area contributed by atoms with Crippen molar-refractivity contribution in [3.8, 4) is 0 Å². The molecule has 8 heteroatoms. The molecule has 1 aliphatic rings. The van der Waals surface area contributed by atoms with Gasteiger partial charge in [-0.05, 0) is 61.1 Å². The molecule has 0 aliphatic carbocycles. The number of nitrogens with zero attached hydrogens (tertiary/aromatic N) is 1. The Morgan fingerprint density at radius 2 is 1.86 bits per heavy atom. The molecule has 1 atom stereocenters. The molecule has 0 radical (unpaired) electrons. The second kappa shape index (κ2) is 9.11. The van der Waals surface area contributed by atoms with Crippen molar-refractivity contribution in [2.45, 2.75) is 13.0 Å². The molecular weight excluding hydrogens is 398 g/mol. The maximum Gasteiger partial charge on any atom is 0.338 e. The van der Waals surface area contributed by atoms with Gasteiger partial charge in [0.15, 0.2) is 5.11 Å². The second-order valence-electron chi connectivity index (χ2n) is 6.38. The number of hydrogen-bond donors (Lipinski definition) is 1. The van der Waals surface area contributed by atoms with E-state index in [4.69, 9.17) is 21.7 Å². The van der Waals surface area contributed by atoms with Crippen molar-refractivity contribution in [2.24, 2.45) is 0 Å². The van der Waals surface area contributed by atoms with Gasteiger partial charge >= 0.3 is 5.97 Å². The molecule has 0 fully saturated rings. The third-order valence-electron chi connectivity index (χ3n) is 4.49. The van der Waals surface area contributed by atoms with Gasteiger partial charge in [-0.15, -0.1) is 0 Å². The highest BCUT2D eigenvalue weighted by Crippen LogP contribution is 2.34. The van der Waals surface area contributed by atoms with Crippen LogP contribution in [0.2, 0.25) is 0 Å². The van der Waals surface area contributed by atoms with Crippen LogP contribution in [-0.4, -0.2) is 31.4 Å². The van der Waals surface area contributed by atoms with E-state index in [0.29, 0.717) is 22.1 Å². The number of ether oxygens (including phenoxy) is 2. The predicted molar refractivity (Wildman–Crippen MR) is 109 cm³/mol. The fourth-order valence-corrected chi connectivity index (χ4v) is 3.50. The molecule has 1 heterocycles. The van der Waals surface area contributed by atoms with Crippen molar-refractivity contribution in [3.63, 3.8) is 0 Å². The van der Waals surface area contributed by atoms with Gasteiger partial charge in [0.05, 0.1) is 18.2 Å².